The molecule has 39 heavy (non-hydrogen) atoms. The van der Waals surface area contributed by atoms with Crippen molar-refractivity contribution in [3.05, 3.63) is 89.7 Å². The summed E-state index contributed by atoms with van der Waals surface area (Å²) in [5.74, 6) is -0.288. The molecule has 0 saturated carbocycles. The van der Waals surface area contributed by atoms with E-state index in [-0.39, 0.29) is 30.5 Å². The van der Waals surface area contributed by atoms with Crippen LogP contribution in [0.4, 0.5) is 10.1 Å². The maximum absolute atomic E-state index is 13.2. The Morgan fingerprint density at radius 1 is 0.923 bits per heavy atom. The van der Waals surface area contributed by atoms with Gasteiger partial charge in [-0.25, -0.2) is 21.2 Å². The molecule has 1 aliphatic rings. The molecule has 1 heterocycles. The standard InChI is InChI=1S/C27H30FN3O6S2/c1-38(33,34)31(20-21-4-8-23(28)9-5-21)24-10-6-22(7-11-24)27(32)29-16-19-37-25-12-14-26(15-13-25)39(35,36)30-17-2-3-18-30/h4-15H,2-3,16-20H2,1H3,(H,29,32). The summed E-state index contributed by atoms with van der Waals surface area (Å²) < 4.78 is 71.4. The van der Waals surface area contributed by atoms with E-state index >= 15 is 0 Å². The van der Waals surface area contributed by atoms with Crippen molar-refractivity contribution >= 4 is 31.6 Å². The monoisotopic (exact) mass is 575 g/mol. The highest BCUT2D eigenvalue weighted by Gasteiger charge is 2.27. The lowest BCUT2D eigenvalue weighted by Gasteiger charge is -2.22. The van der Waals surface area contributed by atoms with Crippen LogP contribution in [-0.2, 0) is 26.6 Å². The van der Waals surface area contributed by atoms with Gasteiger partial charge in [0, 0.05) is 18.7 Å². The summed E-state index contributed by atoms with van der Waals surface area (Å²) in [6.07, 6.45) is 2.82. The van der Waals surface area contributed by atoms with E-state index in [0.717, 1.165) is 19.1 Å². The molecule has 1 amide bonds. The topological polar surface area (TPSA) is 113 Å². The third-order valence-corrected chi connectivity index (χ3v) is 9.29. The van der Waals surface area contributed by atoms with Gasteiger partial charge in [-0.3, -0.25) is 9.10 Å². The molecule has 0 atom stereocenters. The first kappa shape index (κ1) is 28.5. The van der Waals surface area contributed by atoms with E-state index in [9.17, 15) is 26.0 Å². The third-order valence-electron chi connectivity index (χ3n) is 6.24. The lowest BCUT2D eigenvalue weighted by Crippen LogP contribution is -2.30. The van der Waals surface area contributed by atoms with E-state index in [1.807, 2.05) is 0 Å². The average molecular weight is 576 g/mol. The minimum absolute atomic E-state index is 0.0210. The number of halogens is 1. The second-order valence-electron chi connectivity index (χ2n) is 9.13. The molecule has 4 rings (SSSR count). The third kappa shape index (κ3) is 7.34. The number of hydrogen-bond acceptors (Lipinski definition) is 6. The van der Waals surface area contributed by atoms with Crippen molar-refractivity contribution in [3.8, 4) is 5.75 Å². The number of carbonyl (C=O) groups is 1. The summed E-state index contributed by atoms with van der Waals surface area (Å²) in [7, 11) is -7.12. The fourth-order valence-corrected chi connectivity index (χ4v) is 6.56. The molecular weight excluding hydrogens is 545 g/mol. The number of nitrogens with zero attached hydrogens (tertiary/aromatic N) is 2. The predicted molar refractivity (Wildman–Crippen MR) is 146 cm³/mol. The van der Waals surface area contributed by atoms with Crippen LogP contribution in [-0.4, -0.2) is 59.5 Å². The minimum Gasteiger partial charge on any atom is -0.492 e. The molecule has 1 N–H and O–H groups in total. The van der Waals surface area contributed by atoms with E-state index in [4.69, 9.17) is 4.74 Å². The van der Waals surface area contributed by atoms with Gasteiger partial charge in [0.2, 0.25) is 20.0 Å². The van der Waals surface area contributed by atoms with Crippen LogP contribution in [0.3, 0.4) is 0 Å². The maximum Gasteiger partial charge on any atom is 0.251 e. The molecular formula is C27H30FN3O6S2. The highest BCUT2D eigenvalue weighted by molar-refractivity contribution is 7.92. The number of carbonyl (C=O) groups excluding carboxylic acids is 1. The number of amides is 1. The largest absolute Gasteiger partial charge is 0.492 e. The van der Waals surface area contributed by atoms with E-state index in [1.165, 1.54) is 69.3 Å². The summed E-state index contributed by atoms with van der Waals surface area (Å²) in [6.45, 7) is 1.47. The van der Waals surface area contributed by atoms with Gasteiger partial charge in [-0.1, -0.05) is 12.1 Å². The number of sulfonamides is 2. The highest BCUT2D eigenvalue weighted by Crippen LogP contribution is 2.23. The molecule has 0 spiro atoms. The smallest absolute Gasteiger partial charge is 0.251 e. The molecule has 3 aromatic carbocycles. The van der Waals surface area contributed by atoms with Gasteiger partial charge in [-0.2, -0.15) is 4.31 Å². The lowest BCUT2D eigenvalue weighted by molar-refractivity contribution is 0.0947. The Hall–Kier alpha value is -3.48. The van der Waals surface area contributed by atoms with Crippen LogP contribution < -0.4 is 14.4 Å². The van der Waals surface area contributed by atoms with Crippen LogP contribution in [0.2, 0.25) is 0 Å². The van der Waals surface area contributed by atoms with Gasteiger partial charge in [0.05, 0.1) is 29.9 Å². The van der Waals surface area contributed by atoms with Crippen molar-refractivity contribution in [1.29, 1.82) is 0 Å². The van der Waals surface area contributed by atoms with Gasteiger partial charge < -0.3 is 10.1 Å². The molecule has 1 aliphatic heterocycles. The van der Waals surface area contributed by atoms with Crippen molar-refractivity contribution in [1.82, 2.24) is 9.62 Å². The Kier molecular flexibility index (Phi) is 8.88. The van der Waals surface area contributed by atoms with Crippen LogP contribution in [0, 0.1) is 5.82 Å². The Bertz CT molecular complexity index is 1490. The summed E-state index contributed by atoms with van der Waals surface area (Å²) in [5.41, 5.74) is 1.33. The van der Waals surface area contributed by atoms with Gasteiger partial charge in [0.1, 0.15) is 18.2 Å². The van der Waals surface area contributed by atoms with Crippen LogP contribution in [0.15, 0.2) is 77.7 Å². The quantitative estimate of drug-likeness (QED) is 0.351. The molecule has 1 saturated heterocycles. The van der Waals surface area contributed by atoms with Crippen molar-refractivity contribution in [2.45, 2.75) is 24.3 Å². The lowest BCUT2D eigenvalue weighted by atomic mass is 10.1. The van der Waals surface area contributed by atoms with Crippen LogP contribution in [0.25, 0.3) is 0 Å². The molecule has 208 valence electrons. The van der Waals surface area contributed by atoms with E-state index in [1.54, 1.807) is 12.1 Å². The number of hydrogen-bond donors (Lipinski definition) is 1. The highest BCUT2D eigenvalue weighted by atomic mass is 32.2. The fourth-order valence-electron chi connectivity index (χ4n) is 4.16. The molecule has 0 aromatic heterocycles. The zero-order chi connectivity index (χ0) is 28.0. The predicted octanol–water partition coefficient (Wildman–Crippen LogP) is 3.39. The summed E-state index contributed by atoms with van der Waals surface area (Å²) in [4.78, 5) is 12.8. The van der Waals surface area contributed by atoms with Crippen molar-refractivity contribution < 1.29 is 30.8 Å². The van der Waals surface area contributed by atoms with E-state index in [2.05, 4.69) is 5.32 Å². The Balaban J connectivity index is 1.29. The second kappa shape index (κ2) is 12.1. The molecule has 0 aliphatic carbocycles. The summed E-state index contributed by atoms with van der Waals surface area (Å²) in [6, 6.07) is 17.9. The minimum atomic E-state index is -3.63. The SMILES string of the molecule is CS(=O)(=O)N(Cc1ccc(F)cc1)c1ccc(C(=O)NCCOc2ccc(S(=O)(=O)N3CCCC3)cc2)cc1. The average Bonchev–Trinajstić information content (AvgIpc) is 3.47. The Labute approximate surface area is 228 Å². The molecule has 0 radical (unpaired) electrons. The van der Waals surface area contributed by atoms with E-state index < -0.39 is 25.9 Å². The summed E-state index contributed by atoms with van der Waals surface area (Å²) >= 11 is 0. The number of benzene rings is 3. The van der Waals surface area contributed by atoms with E-state index in [0.29, 0.717) is 35.7 Å². The molecule has 0 bridgehead atoms. The first-order valence-corrected chi connectivity index (χ1v) is 15.7. The zero-order valence-corrected chi connectivity index (χ0v) is 23.0. The first-order chi connectivity index (χ1) is 18.5. The Morgan fingerprint density at radius 2 is 1.54 bits per heavy atom. The zero-order valence-electron chi connectivity index (χ0n) is 21.4. The number of ether oxygens (including phenoxy) is 1. The van der Waals surface area contributed by atoms with Crippen LogP contribution >= 0.6 is 0 Å². The van der Waals surface area contributed by atoms with Gasteiger partial charge in [0.15, 0.2) is 0 Å². The molecule has 3 aromatic rings. The van der Waals surface area contributed by atoms with Gasteiger partial charge in [0.25, 0.3) is 5.91 Å². The number of rotatable bonds is 11. The van der Waals surface area contributed by atoms with Gasteiger partial charge >= 0.3 is 0 Å². The number of anilines is 1. The van der Waals surface area contributed by atoms with Crippen molar-refractivity contribution in [2.24, 2.45) is 0 Å². The van der Waals surface area contributed by atoms with Crippen LogP contribution in [0.5, 0.6) is 5.75 Å². The van der Waals surface area contributed by atoms with Gasteiger partial charge in [-0.05, 0) is 79.1 Å². The Morgan fingerprint density at radius 3 is 2.13 bits per heavy atom. The van der Waals surface area contributed by atoms with Crippen molar-refractivity contribution in [3.63, 3.8) is 0 Å². The maximum atomic E-state index is 13.2. The molecule has 1 fully saturated rings. The normalized spacial score (nSPS) is 14.2. The molecule has 9 nitrogen and oxygen atoms in total. The molecule has 0 unspecified atom stereocenters. The first-order valence-electron chi connectivity index (χ1n) is 12.4. The van der Waals surface area contributed by atoms with Gasteiger partial charge in [-0.15, -0.1) is 0 Å². The summed E-state index contributed by atoms with van der Waals surface area (Å²) in [5, 5.41) is 2.73. The molecule has 12 heteroatoms. The van der Waals surface area contributed by atoms with Crippen LogP contribution in [0.1, 0.15) is 28.8 Å². The fraction of sp³-hybridized carbons (Fsp3) is 0.296. The second-order valence-corrected chi connectivity index (χ2v) is 13.0. The van der Waals surface area contributed by atoms with Crippen molar-refractivity contribution in [2.75, 3.05) is 36.8 Å². The number of nitrogens with one attached hydrogen (secondary N) is 1.